The van der Waals surface area contributed by atoms with Crippen LogP contribution in [0.4, 0.5) is 0 Å². The lowest BCUT2D eigenvalue weighted by atomic mass is 10.1. The van der Waals surface area contributed by atoms with Crippen LogP contribution in [0.5, 0.6) is 0 Å². The van der Waals surface area contributed by atoms with E-state index in [1.807, 2.05) is 13.8 Å². The van der Waals surface area contributed by atoms with Crippen LogP contribution in [-0.2, 0) is 4.84 Å². The van der Waals surface area contributed by atoms with Gasteiger partial charge in [-0.05, 0) is 12.3 Å². The summed E-state index contributed by atoms with van der Waals surface area (Å²) in [7, 11) is 0. The Morgan fingerprint density at radius 2 is 2.18 bits per heavy atom. The Kier molecular flexibility index (Phi) is 4.52. The Bertz CT molecular complexity index is 127. The number of rotatable bonds is 5. The maximum atomic E-state index is 9.72. The third kappa shape index (κ3) is 7.05. The highest BCUT2D eigenvalue weighted by atomic mass is 16.9. The first kappa shape index (κ1) is 10.2. The molecular weight excluding hydrogens is 148 g/mol. The number of hydrogen-bond acceptors (Lipinski definition) is 4. The third-order valence-electron chi connectivity index (χ3n) is 1.17. The number of hydrogen-bond donors (Lipinski definition) is 1. The molecule has 0 aromatic heterocycles. The van der Waals surface area contributed by atoms with Gasteiger partial charge in [-0.1, -0.05) is 13.8 Å². The van der Waals surface area contributed by atoms with Crippen LogP contribution in [0, 0.1) is 16.0 Å². The molecule has 0 aliphatic carbocycles. The summed E-state index contributed by atoms with van der Waals surface area (Å²) >= 11 is 0. The molecule has 0 saturated carbocycles. The van der Waals surface area contributed by atoms with E-state index in [-0.39, 0.29) is 12.6 Å². The van der Waals surface area contributed by atoms with Crippen molar-refractivity contribution in [1.29, 1.82) is 0 Å². The smallest absolute Gasteiger partial charge is 0.294 e. The second-order valence-electron chi connectivity index (χ2n) is 2.91. The fourth-order valence-corrected chi connectivity index (χ4v) is 0.830. The van der Waals surface area contributed by atoms with Crippen molar-refractivity contribution in [3.8, 4) is 0 Å². The first-order valence-corrected chi connectivity index (χ1v) is 3.55. The average Bonchev–Trinajstić information content (AvgIpc) is 1.82. The topological polar surface area (TPSA) is 78.4 Å². The van der Waals surface area contributed by atoms with E-state index in [4.69, 9.17) is 5.73 Å². The van der Waals surface area contributed by atoms with E-state index >= 15 is 0 Å². The Morgan fingerprint density at radius 3 is 2.55 bits per heavy atom. The van der Waals surface area contributed by atoms with Crippen molar-refractivity contribution in [3.63, 3.8) is 0 Å². The minimum atomic E-state index is -0.819. The van der Waals surface area contributed by atoms with Crippen LogP contribution in [0.25, 0.3) is 0 Å². The molecule has 0 rings (SSSR count). The maximum Gasteiger partial charge on any atom is 0.294 e. The van der Waals surface area contributed by atoms with E-state index in [0.717, 1.165) is 6.42 Å². The van der Waals surface area contributed by atoms with Crippen molar-refractivity contribution in [1.82, 2.24) is 0 Å². The normalized spacial score (nSPS) is 13.1. The SMILES string of the molecule is CC(C)CC(N)CO[N+](=O)[O-]. The van der Waals surface area contributed by atoms with Crippen LogP contribution < -0.4 is 5.73 Å². The molecule has 0 spiro atoms. The molecule has 1 atom stereocenters. The summed E-state index contributed by atoms with van der Waals surface area (Å²) in [6.07, 6.45) is 0.744. The number of nitrogens with two attached hydrogens (primary N) is 1. The minimum absolute atomic E-state index is 0.00875. The van der Waals surface area contributed by atoms with E-state index < -0.39 is 5.09 Å². The molecule has 0 amide bonds. The first-order valence-electron chi connectivity index (χ1n) is 3.55. The predicted molar refractivity (Wildman–Crippen MR) is 40.4 cm³/mol. The molecule has 66 valence electrons. The zero-order valence-electron chi connectivity index (χ0n) is 6.82. The molecule has 0 fully saturated rings. The molecule has 5 heteroatoms. The van der Waals surface area contributed by atoms with Gasteiger partial charge in [-0.2, -0.15) is 0 Å². The van der Waals surface area contributed by atoms with Crippen LogP contribution in [0.1, 0.15) is 20.3 Å². The predicted octanol–water partition coefficient (Wildman–Crippen LogP) is 0.568. The Morgan fingerprint density at radius 1 is 1.64 bits per heavy atom. The van der Waals surface area contributed by atoms with Gasteiger partial charge in [-0.25, -0.2) is 0 Å². The quantitative estimate of drug-likeness (QED) is 0.473. The maximum absolute atomic E-state index is 9.72. The standard InChI is InChI=1S/C6H14N2O3/c1-5(2)3-6(7)4-11-8(9)10/h5-6H,3-4,7H2,1-2H3. The largest absolute Gasteiger partial charge is 0.326 e. The van der Waals surface area contributed by atoms with E-state index in [1.165, 1.54) is 0 Å². The highest BCUT2D eigenvalue weighted by Crippen LogP contribution is 2.02. The molecule has 0 heterocycles. The van der Waals surface area contributed by atoms with E-state index in [0.29, 0.717) is 5.92 Å². The Balaban J connectivity index is 3.37. The van der Waals surface area contributed by atoms with Gasteiger partial charge < -0.3 is 10.6 Å². The molecule has 0 saturated heterocycles. The molecule has 0 radical (unpaired) electrons. The van der Waals surface area contributed by atoms with E-state index in [1.54, 1.807) is 0 Å². The summed E-state index contributed by atoms with van der Waals surface area (Å²) in [5.74, 6) is 0.445. The van der Waals surface area contributed by atoms with Gasteiger partial charge >= 0.3 is 0 Å². The van der Waals surface area contributed by atoms with Crippen molar-refractivity contribution >= 4 is 0 Å². The van der Waals surface area contributed by atoms with Crippen LogP contribution in [0.2, 0.25) is 0 Å². The minimum Gasteiger partial charge on any atom is -0.326 e. The van der Waals surface area contributed by atoms with Crippen LogP contribution in [0.3, 0.4) is 0 Å². The van der Waals surface area contributed by atoms with Gasteiger partial charge in [0.05, 0.1) is 0 Å². The zero-order chi connectivity index (χ0) is 8.85. The summed E-state index contributed by atoms with van der Waals surface area (Å²) in [6, 6.07) is -0.236. The van der Waals surface area contributed by atoms with Crippen molar-refractivity contribution in [3.05, 3.63) is 10.1 Å². The summed E-state index contributed by atoms with van der Waals surface area (Å²) < 4.78 is 0. The summed E-state index contributed by atoms with van der Waals surface area (Å²) in [5.41, 5.74) is 5.49. The molecule has 11 heavy (non-hydrogen) atoms. The highest BCUT2D eigenvalue weighted by Gasteiger charge is 2.06. The molecule has 0 aromatic carbocycles. The molecule has 1 unspecified atom stereocenters. The molecular formula is C6H14N2O3. The second kappa shape index (κ2) is 4.90. The molecule has 0 aromatic rings. The first-order chi connectivity index (χ1) is 5.02. The highest BCUT2D eigenvalue weighted by molar-refractivity contribution is 4.60. The number of nitrogens with zero attached hydrogens (tertiary/aromatic N) is 1. The van der Waals surface area contributed by atoms with Gasteiger partial charge in [0, 0.05) is 6.04 Å². The molecule has 0 aliphatic heterocycles. The molecule has 2 N–H and O–H groups in total. The van der Waals surface area contributed by atoms with Crippen molar-refractivity contribution in [2.75, 3.05) is 6.61 Å². The Labute approximate surface area is 65.6 Å². The lowest BCUT2D eigenvalue weighted by molar-refractivity contribution is -0.758. The van der Waals surface area contributed by atoms with Crippen LogP contribution in [0.15, 0.2) is 0 Å². The van der Waals surface area contributed by atoms with Crippen molar-refractivity contribution < 1.29 is 9.92 Å². The lowest BCUT2D eigenvalue weighted by Crippen LogP contribution is -2.28. The van der Waals surface area contributed by atoms with Gasteiger partial charge in [-0.15, -0.1) is 10.1 Å². The summed E-state index contributed by atoms with van der Waals surface area (Å²) in [4.78, 5) is 13.8. The van der Waals surface area contributed by atoms with Crippen LogP contribution in [-0.4, -0.2) is 17.7 Å². The molecule has 5 nitrogen and oxygen atoms in total. The van der Waals surface area contributed by atoms with E-state index in [9.17, 15) is 10.1 Å². The second-order valence-corrected chi connectivity index (χ2v) is 2.91. The van der Waals surface area contributed by atoms with Gasteiger partial charge in [0.25, 0.3) is 5.09 Å². The monoisotopic (exact) mass is 162 g/mol. The Hall–Kier alpha value is -0.840. The lowest BCUT2D eigenvalue weighted by Gasteiger charge is -2.11. The van der Waals surface area contributed by atoms with E-state index in [2.05, 4.69) is 4.84 Å². The zero-order valence-corrected chi connectivity index (χ0v) is 6.82. The van der Waals surface area contributed by atoms with Gasteiger partial charge in [-0.3, -0.25) is 0 Å². The summed E-state index contributed by atoms with van der Waals surface area (Å²) in [5, 5.41) is 8.90. The molecule has 0 aliphatic rings. The van der Waals surface area contributed by atoms with Crippen molar-refractivity contribution in [2.45, 2.75) is 26.3 Å². The van der Waals surface area contributed by atoms with Crippen LogP contribution >= 0.6 is 0 Å². The van der Waals surface area contributed by atoms with Gasteiger partial charge in [0.1, 0.15) is 6.61 Å². The fraction of sp³-hybridized carbons (Fsp3) is 1.00. The fourth-order valence-electron chi connectivity index (χ4n) is 0.830. The van der Waals surface area contributed by atoms with Gasteiger partial charge in [0.15, 0.2) is 0 Å². The average molecular weight is 162 g/mol. The van der Waals surface area contributed by atoms with Crippen molar-refractivity contribution in [2.24, 2.45) is 11.7 Å². The van der Waals surface area contributed by atoms with Gasteiger partial charge in [0.2, 0.25) is 0 Å². The summed E-state index contributed by atoms with van der Waals surface area (Å²) in [6.45, 7) is 4.00. The third-order valence-corrected chi connectivity index (χ3v) is 1.17. The molecule has 0 bridgehead atoms.